The van der Waals surface area contributed by atoms with Gasteiger partial charge in [-0.25, -0.2) is 0 Å². The highest BCUT2D eigenvalue weighted by atomic mass is 16.5. The third-order valence-corrected chi connectivity index (χ3v) is 3.11. The molecule has 0 rings (SSSR count). The van der Waals surface area contributed by atoms with Crippen molar-refractivity contribution in [3.05, 3.63) is 0 Å². The molecule has 0 saturated heterocycles. The first kappa shape index (κ1) is 18.4. The van der Waals surface area contributed by atoms with Crippen molar-refractivity contribution in [2.45, 2.75) is 71.9 Å². The van der Waals surface area contributed by atoms with Gasteiger partial charge >= 0.3 is 5.97 Å². The van der Waals surface area contributed by atoms with Crippen LogP contribution in [0.1, 0.15) is 60.3 Å². The van der Waals surface area contributed by atoms with Gasteiger partial charge in [0.2, 0.25) is 0 Å². The van der Waals surface area contributed by atoms with Crippen LogP contribution in [0, 0.1) is 5.92 Å². The Bertz CT molecular complexity index is 254. The van der Waals surface area contributed by atoms with Crippen molar-refractivity contribution in [1.29, 1.82) is 0 Å². The minimum Gasteiger partial charge on any atom is -0.480 e. The van der Waals surface area contributed by atoms with Gasteiger partial charge in [-0.1, -0.05) is 13.8 Å². The lowest BCUT2D eigenvalue weighted by Gasteiger charge is -2.28. The first-order valence-corrected chi connectivity index (χ1v) is 7.36. The lowest BCUT2D eigenvalue weighted by molar-refractivity contribution is -0.144. The molecule has 1 atom stereocenters. The van der Waals surface area contributed by atoms with Crippen LogP contribution < -0.4 is 5.32 Å². The standard InChI is InChI=1S/C15H31NO3/c1-12(2)8-6-10-19-11-7-9-15(5,14(17)18)16-13(3)4/h12-13,16H,6-11H2,1-5H3,(H,17,18). The van der Waals surface area contributed by atoms with Crippen molar-refractivity contribution in [1.82, 2.24) is 5.32 Å². The zero-order valence-corrected chi connectivity index (χ0v) is 13.2. The molecule has 114 valence electrons. The summed E-state index contributed by atoms with van der Waals surface area (Å²) in [6.45, 7) is 11.5. The van der Waals surface area contributed by atoms with Gasteiger partial charge in [-0.15, -0.1) is 0 Å². The Morgan fingerprint density at radius 1 is 1.21 bits per heavy atom. The summed E-state index contributed by atoms with van der Waals surface area (Å²) in [7, 11) is 0. The molecule has 0 aliphatic heterocycles. The lowest BCUT2D eigenvalue weighted by atomic mass is 9.95. The summed E-state index contributed by atoms with van der Waals surface area (Å²) >= 11 is 0. The molecule has 0 saturated carbocycles. The molecule has 4 nitrogen and oxygen atoms in total. The Balaban J connectivity index is 3.80. The Labute approximate surface area is 117 Å². The van der Waals surface area contributed by atoms with Gasteiger partial charge in [-0.2, -0.15) is 0 Å². The van der Waals surface area contributed by atoms with E-state index in [0.717, 1.165) is 19.4 Å². The molecule has 0 bridgehead atoms. The SMILES string of the molecule is CC(C)CCCOCCCC(C)(NC(C)C)C(=O)O. The smallest absolute Gasteiger partial charge is 0.323 e. The number of nitrogens with one attached hydrogen (secondary N) is 1. The Kier molecular flexibility index (Phi) is 9.02. The molecule has 2 N–H and O–H groups in total. The van der Waals surface area contributed by atoms with Crippen LogP contribution in [0.2, 0.25) is 0 Å². The summed E-state index contributed by atoms with van der Waals surface area (Å²) < 4.78 is 5.54. The number of hydrogen-bond donors (Lipinski definition) is 2. The van der Waals surface area contributed by atoms with Gasteiger partial charge in [0.1, 0.15) is 5.54 Å². The fourth-order valence-corrected chi connectivity index (χ4v) is 2.10. The van der Waals surface area contributed by atoms with Gasteiger partial charge < -0.3 is 9.84 Å². The molecule has 1 unspecified atom stereocenters. The molecular weight excluding hydrogens is 242 g/mol. The average molecular weight is 273 g/mol. The van der Waals surface area contributed by atoms with Crippen molar-refractivity contribution < 1.29 is 14.6 Å². The van der Waals surface area contributed by atoms with Gasteiger partial charge in [0.25, 0.3) is 0 Å². The number of carboxylic acid groups (broad SMARTS) is 1. The molecule has 0 radical (unpaired) electrons. The van der Waals surface area contributed by atoms with Crippen LogP contribution in [-0.2, 0) is 9.53 Å². The Morgan fingerprint density at radius 3 is 2.26 bits per heavy atom. The molecule has 19 heavy (non-hydrogen) atoms. The summed E-state index contributed by atoms with van der Waals surface area (Å²) in [5.74, 6) is -0.0739. The number of ether oxygens (including phenoxy) is 1. The van der Waals surface area contributed by atoms with Gasteiger partial charge in [-0.3, -0.25) is 10.1 Å². The van der Waals surface area contributed by atoms with Gasteiger partial charge in [-0.05, 0) is 52.4 Å². The van der Waals surface area contributed by atoms with E-state index in [1.165, 1.54) is 6.42 Å². The number of hydrogen-bond acceptors (Lipinski definition) is 3. The quantitative estimate of drug-likeness (QED) is 0.568. The Hall–Kier alpha value is -0.610. The maximum atomic E-state index is 11.3. The molecule has 0 aromatic rings. The number of carbonyl (C=O) groups is 1. The first-order chi connectivity index (χ1) is 8.78. The van der Waals surface area contributed by atoms with Crippen molar-refractivity contribution in [2.24, 2.45) is 5.92 Å². The van der Waals surface area contributed by atoms with Gasteiger partial charge in [0.15, 0.2) is 0 Å². The molecule has 0 aromatic carbocycles. The fourth-order valence-electron chi connectivity index (χ4n) is 2.10. The van der Waals surface area contributed by atoms with E-state index in [-0.39, 0.29) is 6.04 Å². The highest BCUT2D eigenvalue weighted by Crippen LogP contribution is 2.14. The van der Waals surface area contributed by atoms with Crippen LogP contribution in [0.3, 0.4) is 0 Å². The molecule has 0 fully saturated rings. The molecule has 0 amide bonds. The highest BCUT2D eigenvalue weighted by molar-refractivity contribution is 5.78. The van der Waals surface area contributed by atoms with E-state index in [0.29, 0.717) is 18.9 Å². The van der Waals surface area contributed by atoms with Crippen molar-refractivity contribution in [3.63, 3.8) is 0 Å². The third kappa shape index (κ3) is 9.00. The van der Waals surface area contributed by atoms with Crippen molar-refractivity contribution in [3.8, 4) is 0 Å². The average Bonchev–Trinajstić information content (AvgIpc) is 2.26. The second-order valence-electron chi connectivity index (χ2n) is 6.19. The van der Waals surface area contributed by atoms with E-state index in [1.807, 2.05) is 13.8 Å². The normalized spacial score (nSPS) is 14.9. The molecule has 0 heterocycles. The summed E-state index contributed by atoms with van der Waals surface area (Å²) in [4.78, 5) is 11.3. The summed E-state index contributed by atoms with van der Waals surface area (Å²) in [5.41, 5.74) is -0.852. The molecular formula is C15H31NO3. The van der Waals surface area contributed by atoms with E-state index in [1.54, 1.807) is 6.92 Å². The molecule has 0 spiro atoms. The van der Waals surface area contributed by atoms with E-state index < -0.39 is 11.5 Å². The Morgan fingerprint density at radius 2 is 1.79 bits per heavy atom. The van der Waals surface area contributed by atoms with Gasteiger partial charge in [0, 0.05) is 19.3 Å². The second-order valence-corrected chi connectivity index (χ2v) is 6.19. The largest absolute Gasteiger partial charge is 0.480 e. The van der Waals surface area contributed by atoms with Crippen LogP contribution >= 0.6 is 0 Å². The topological polar surface area (TPSA) is 58.6 Å². The summed E-state index contributed by atoms with van der Waals surface area (Å²) in [5, 5.41) is 12.4. The number of aliphatic carboxylic acids is 1. The van der Waals surface area contributed by atoms with Crippen LogP contribution in [0.15, 0.2) is 0 Å². The first-order valence-electron chi connectivity index (χ1n) is 7.36. The monoisotopic (exact) mass is 273 g/mol. The summed E-state index contributed by atoms with van der Waals surface area (Å²) in [6, 6.07) is 0.160. The fraction of sp³-hybridized carbons (Fsp3) is 0.933. The zero-order chi connectivity index (χ0) is 14.9. The molecule has 0 aromatic heterocycles. The van der Waals surface area contributed by atoms with Crippen LogP contribution in [-0.4, -0.2) is 35.9 Å². The van der Waals surface area contributed by atoms with E-state index in [9.17, 15) is 9.90 Å². The number of carboxylic acids is 1. The minimum atomic E-state index is -0.852. The van der Waals surface area contributed by atoms with E-state index in [4.69, 9.17) is 4.74 Å². The molecule has 4 heteroatoms. The van der Waals surface area contributed by atoms with Crippen molar-refractivity contribution >= 4 is 5.97 Å². The predicted octanol–water partition coefficient (Wildman–Crippen LogP) is 3.06. The van der Waals surface area contributed by atoms with Crippen molar-refractivity contribution in [2.75, 3.05) is 13.2 Å². The maximum absolute atomic E-state index is 11.3. The third-order valence-electron chi connectivity index (χ3n) is 3.11. The summed E-state index contributed by atoms with van der Waals surface area (Å²) in [6.07, 6.45) is 3.62. The second kappa shape index (κ2) is 9.32. The zero-order valence-electron chi connectivity index (χ0n) is 13.2. The maximum Gasteiger partial charge on any atom is 0.323 e. The van der Waals surface area contributed by atoms with Gasteiger partial charge in [0.05, 0.1) is 0 Å². The van der Waals surface area contributed by atoms with Crippen LogP contribution in [0.25, 0.3) is 0 Å². The minimum absolute atomic E-state index is 0.160. The molecule has 0 aliphatic rings. The van der Waals surface area contributed by atoms with E-state index >= 15 is 0 Å². The number of rotatable bonds is 11. The van der Waals surface area contributed by atoms with Crippen LogP contribution in [0.5, 0.6) is 0 Å². The predicted molar refractivity (Wildman–Crippen MR) is 78.4 cm³/mol. The lowest BCUT2D eigenvalue weighted by Crippen LogP contribution is -2.52. The van der Waals surface area contributed by atoms with E-state index in [2.05, 4.69) is 19.2 Å². The van der Waals surface area contributed by atoms with Crippen LogP contribution in [0.4, 0.5) is 0 Å². The molecule has 0 aliphatic carbocycles. The highest BCUT2D eigenvalue weighted by Gasteiger charge is 2.32.